The Bertz CT molecular complexity index is 703. The minimum absolute atomic E-state index is 0. The maximum Gasteiger partial charge on any atom is 0.230 e. The van der Waals surface area contributed by atoms with Gasteiger partial charge in [-0.15, -0.1) is 23.7 Å². The lowest BCUT2D eigenvalue weighted by Crippen LogP contribution is -2.49. The van der Waals surface area contributed by atoms with E-state index in [1.165, 1.54) is 16.9 Å². The fraction of sp³-hybridized carbons (Fsp3) is 0.444. The van der Waals surface area contributed by atoms with Crippen LogP contribution in [0.2, 0.25) is 0 Å². The largest absolute Gasteiger partial charge is 0.314 e. The molecule has 1 N–H and O–H groups in total. The molecule has 2 aromatic rings. The van der Waals surface area contributed by atoms with E-state index in [2.05, 4.69) is 22.5 Å². The van der Waals surface area contributed by atoms with Crippen LogP contribution >= 0.6 is 23.7 Å². The first-order valence-electron chi connectivity index (χ1n) is 8.31. The van der Waals surface area contributed by atoms with Crippen molar-refractivity contribution >= 4 is 40.5 Å². The standard InChI is InChI=1S/C18H24N4OS.ClH/c1-13-4-6-17(7-5-13)22(15(3)23)18-20-16(12-24-18)11-21-9-8-19-10-14(21)2;/h4-7,12,14,19H,8-11H2,1-3H3;1H/t14-;/m1./s1. The van der Waals surface area contributed by atoms with E-state index in [9.17, 15) is 4.79 Å². The van der Waals surface area contributed by atoms with Gasteiger partial charge in [-0.1, -0.05) is 17.7 Å². The Morgan fingerprint density at radius 3 is 2.76 bits per heavy atom. The molecule has 0 unspecified atom stereocenters. The molecule has 3 rings (SSSR count). The van der Waals surface area contributed by atoms with Gasteiger partial charge in [0.1, 0.15) is 0 Å². The van der Waals surface area contributed by atoms with Gasteiger partial charge in [0, 0.05) is 44.5 Å². The Hall–Kier alpha value is -1.47. The first-order valence-corrected chi connectivity index (χ1v) is 9.19. The second kappa shape index (κ2) is 8.76. The number of anilines is 2. The SMILES string of the molecule is CC(=O)N(c1ccc(C)cc1)c1nc(CN2CCNC[C@H]2C)cs1.Cl. The van der Waals surface area contributed by atoms with Gasteiger partial charge in [-0.3, -0.25) is 14.6 Å². The van der Waals surface area contributed by atoms with Gasteiger partial charge < -0.3 is 5.32 Å². The smallest absolute Gasteiger partial charge is 0.230 e. The van der Waals surface area contributed by atoms with Gasteiger partial charge in [0.2, 0.25) is 5.91 Å². The lowest BCUT2D eigenvalue weighted by atomic mass is 10.2. The average molecular weight is 381 g/mol. The number of rotatable bonds is 4. The molecule has 2 heterocycles. The summed E-state index contributed by atoms with van der Waals surface area (Å²) >= 11 is 1.53. The van der Waals surface area contributed by atoms with Gasteiger partial charge in [0.05, 0.1) is 11.4 Å². The van der Waals surface area contributed by atoms with E-state index < -0.39 is 0 Å². The molecule has 1 aliphatic heterocycles. The minimum Gasteiger partial charge on any atom is -0.314 e. The quantitative estimate of drug-likeness (QED) is 0.883. The molecule has 1 aliphatic rings. The molecule has 1 aromatic heterocycles. The molecule has 7 heteroatoms. The van der Waals surface area contributed by atoms with Crippen molar-refractivity contribution in [2.75, 3.05) is 24.5 Å². The normalized spacial score (nSPS) is 17.8. The summed E-state index contributed by atoms with van der Waals surface area (Å²) in [7, 11) is 0. The number of amides is 1. The third-order valence-corrected chi connectivity index (χ3v) is 5.22. The number of hydrogen-bond donors (Lipinski definition) is 1. The van der Waals surface area contributed by atoms with Crippen LogP contribution in [0.15, 0.2) is 29.6 Å². The van der Waals surface area contributed by atoms with E-state index in [-0.39, 0.29) is 18.3 Å². The van der Waals surface area contributed by atoms with Gasteiger partial charge in [-0.25, -0.2) is 4.98 Å². The molecule has 5 nitrogen and oxygen atoms in total. The first-order chi connectivity index (χ1) is 11.5. The zero-order valence-electron chi connectivity index (χ0n) is 14.9. The number of piperazine rings is 1. The molecular weight excluding hydrogens is 356 g/mol. The summed E-state index contributed by atoms with van der Waals surface area (Å²) < 4.78 is 0. The zero-order valence-corrected chi connectivity index (χ0v) is 16.5. The Labute approximate surface area is 159 Å². The van der Waals surface area contributed by atoms with Crippen LogP contribution in [0.4, 0.5) is 10.8 Å². The second-order valence-electron chi connectivity index (χ2n) is 6.34. The Balaban J connectivity index is 0.00000225. The highest BCUT2D eigenvalue weighted by Gasteiger charge is 2.21. The van der Waals surface area contributed by atoms with Crippen LogP contribution in [-0.4, -0.2) is 41.5 Å². The van der Waals surface area contributed by atoms with Crippen molar-refractivity contribution in [3.63, 3.8) is 0 Å². The van der Waals surface area contributed by atoms with E-state index in [1.807, 2.05) is 31.2 Å². The number of nitrogens with one attached hydrogen (secondary N) is 1. The zero-order chi connectivity index (χ0) is 17.1. The summed E-state index contributed by atoms with van der Waals surface area (Å²) in [6.45, 7) is 9.75. The van der Waals surface area contributed by atoms with Crippen LogP contribution in [-0.2, 0) is 11.3 Å². The molecule has 1 amide bonds. The molecule has 0 radical (unpaired) electrons. The van der Waals surface area contributed by atoms with Crippen molar-refractivity contribution < 1.29 is 4.79 Å². The van der Waals surface area contributed by atoms with Crippen molar-refractivity contribution in [3.05, 3.63) is 40.9 Å². The molecule has 0 aliphatic carbocycles. The molecule has 1 saturated heterocycles. The van der Waals surface area contributed by atoms with E-state index in [0.29, 0.717) is 6.04 Å². The Morgan fingerprint density at radius 2 is 2.12 bits per heavy atom. The number of benzene rings is 1. The number of carbonyl (C=O) groups excluding carboxylic acids is 1. The molecule has 136 valence electrons. The lowest BCUT2D eigenvalue weighted by molar-refractivity contribution is -0.115. The van der Waals surface area contributed by atoms with Crippen molar-refractivity contribution in [1.82, 2.24) is 15.2 Å². The third kappa shape index (κ3) is 4.79. The van der Waals surface area contributed by atoms with Crippen LogP contribution < -0.4 is 10.2 Å². The summed E-state index contributed by atoms with van der Waals surface area (Å²) in [6.07, 6.45) is 0. The number of halogens is 1. The fourth-order valence-corrected chi connectivity index (χ4v) is 3.80. The van der Waals surface area contributed by atoms with E-state index >= 15 is 0 Å². The summed E-state index contributed by atoms with van der Waals surface area (Å²) in [5, 5.41) is 6.21. The van der Waals surface area contributed by atoms with Gasteiger partial charge in [-0.2, -0.15) is 0 Å². The van der Waals surface area contributed by atoms with Crippen LogP contribution in [0.5, 0.6) is 0 Å². The number of aromatic nitrogens is 1. The highest BCUT2D eigenvalue weighted by molar-refractivity contribution is 7.14. The van der Waals surface area contributed by atoms with Crippen molar-refractivity contribution in [1.29, 1.82) is 0 Å². The predicted molar refractivity (Wildman–Crippen MR) is 106 cm³/mol. The molecule has 1 aromatic carbocycles. The van der Waals surface area contributed by atoms with Crippen molar-refractivity contribution in [2.24, 2.45) is 0 Å². The first kappa shape index (κ1) is 19.8. The van der Waals surface area contributed by atoms with Crippen LogP contribution in [0.3, 0.4) is 0 Å². The van der Waals surface area contributed by atoms with Crippen LogP contribution in [0.25, 0.3) is 0 Å². The van der Waals surface area contributed by atoms with Gasteiger partial charge in [0.25, 0.3) is 0 Å². The van der Waals surface area contributed by atoms with Crippen molar-refractivity contribution in [2.45, 2.75) is 33.4 Å². The van der Waals surface area contributed by atoms with Crippen LogP contribution in [0, 0.1) is 6.92 Å². The molecular formula is C18H25ClN4OS. The number of hydrogen-bond acceptors (Lipinski definition) is 5. The number of nitrogens with zero attached hydrogens (tertiary/aromatic N) is 3. The summed E-state index contributed by atoms with van der Waals surface area (Å²) in [4.78, 5) is 21.0. The topological polar surface area (TPSA) is 48.5 Å². The Kier molecular flexibility index (Phi) is 6.95. The highest BCUT2D eigenvalue weighted by Crippen LogP contribution is 2.29. The van der Waals surface area contributed by atoms with Gasteiger partial charge >= 0.3 is 0 Å². The van der Waals surface area contributed by atoms with Gasteiger partial charge in [-0.05, 0) is 26.0 Å². The molecule has 1 fully saturated rings. The Morgan fingerprint density at radius 1 is 1.40 bits per heavy atom. The third-order valence-electron chi connectivity index (χ3n) is 4.34. The lowest BCUT2D eigenvalue weighted by Gasteiger charge is -2.33. The van der Waals surface area contributed by atoms with E-state index in [1.54, 1.807) is 11.8 Å². The predicted octanol–water partition coefficient (Wildman–Crippen LogP) is 3.35. The number of aryl methyl sites for hydroxylation is 1. The second-order valence-corrected chi connectivity index (χ2v) is 7.17. The molecule has 0 spiro atoms. The minimum atomic E-state index is -0.0182. The highest BCUT2D eigenvalue weighted by atomic mass is 35.5. The van der Waals surface area contributed by atoms with E-state index in [4.69, 9.17) is 4.98 Å². The van der Waals surface area contributed by atoms with Gasteiger partial charge in [0.15, 0.2) is 5.13 Å². The maximum atomic E-state index is 12.2. The number of carbonyl (C=O) groups is 1. The molecule has 0 saturated carbocycles. The molecule has 25 heavy (non-hydrogen) atoms. The maximum absolute atomic E-state index is 12.2. The van der Waals surface area contributed by atoms with Crippen LogP contribution in [0.1, 0.15) is 25.1 Å². The monoisotopic (exact) mass is 380 g/mol. The summed E-state index contributed by atoms with van der Waals surface area (Å²) in [5.74, 6) is -0.0182. The van der Waals surface area contributed by atoms with E-state index in [0.717, 1.165) is 42.7 Å². The average Bonchev–Trinajstić information content (AvgIpc) is 2.99. The molecule has 0 bridgehead atoms. The van der Waals surface area contributed by atoms with Crippen molar-refractivity contribution in [3.8, 4) is 0 Å². The molecule has 1 atom stereocenters. The number of thiazole rings is 1. The summed E-state index contributed by atoms with van der Waals surface area (Å²) in [5.41, 5.74) is 3.07. The summed E-state index contributed by atoms with van der Waals surface area (Å²) in [6, 6.07) is 8.47. The fourth-order valence-electron chi connectivity index (χ4n) is 2.92.